The molecule has 1 atom stereocenters. The molecule has 1 unspecified atom stereocenters. The number of thiophene rings is 1. The fraction of sp³-hybridized carbons (Fsp3) is 0.267. The highest BCUT2D eigenvalue weighted by Crippen LogP contribution is 2.31. The molecule has 0 aromatic carbocycles. The number of hydrogen-bond acceptors (Lipinski definition) is 5. The molecule has 2 aromatic heterocycles. The zero-order valence-electron chi connectivity index (χ0n) is 12.4. The molecule has 0 saturated carbocycles. The molecule has 23 heavy (non-hydrogen) atoms. The molecule has 120 valence electrons. The van der Waals surface area contributed by atoms with Gasteiger partial charge >= 0.3 is 5.97 Å². The molecule has 3 heterocycles. The van der Waals surface area contributed by atoms with E-state index in [2.05, 4.69) is 10.3 Å². The van der Waals surface area contributed by atoms with E-state index in [9.17, 15) is 14.4 Å². The van der Waals surface area contributed by atoms with Gasteiger partial charge in [0.05, 0.1) is 12.7 Å². The molecule has 2 N–H and O–H groups in total. The number of nitrogens with one attached hydrogen (secondary N) is 2. The summed E-state index contributed by atoms with van der Waals surface area (Å²) >= 11 is 1.30. The first-order chi connectivity index (χ1) is 11.1. The minimum absolute atomic E-state index is 0.225. The molecule has 0 radical (unpaired) electrons. The van der Waals surface area contributed by atoms with Crippen LogP contribution in [0, 0.1) is 0 Å². The van der Waals surface area contributed by atoms with Gasteiger partial charge in [0.15, 0.2) is 0 Å². The van der Waals surface area contributed by atoms with Crippen molar-refractivity contribution >= 4 is 34.1 Å². The highest BCUT2D eigenvalue weighted by Gasteiger charge is 2.36. The average Bonchev–Trinajstić information content (AvgIpc) is 3.27. The Morgan fingerprint density at radius 3 is 2.96 bits per heavy atom. The molecule has 0 bridgehead atoms. The molecule has 2 amide bonds. The minimum atomic E-state index is -0.599. The predicted octanol–water partition coefficient (Wildman–Crippen LogP) is 1.40. The van der Waals surface area contributed by atoms with Crippen molar-refractivity contribution in [3.63, 3.8) is 0 Å². The maximum atomic E-state index is 12.5. The van der Waals surface area contributed by atoms with Crippen molar-refractivity contribution in [3.8, 4) is 0 Å². The lowest BCUT2D eigenvalue weighted by molar-refractivity contribution is -0.118. The van der Waals surface area contributed by atoms with Crippen molar-refractivity contribution in [1.82, 2.24) is 10.3 Å². The molecule has 1 aliphatic rings. The zero-order chi connectivity index (χ0) is 16.4. The smallest absolute Gasteiger partial charge is 0.340 e. The van der Waals surface area contributed by atoms with Crippen LogP contribution in [0.2, 0.25) is 0 Å². The van der Waals surface area contributed by atoms with Gasteiger partial charge < -0.3 is 19.9 Å². The van der Waals surface area contributed by atoms with Crippen LogP contribution in [0.3, 0.4) is 0 Å². The number of methoxy groups -OCH3 is 1. The molecular weight excluding hydrogens is 318 g/mol. The molecule has 2 aromatic rings. The van der Waals surface area contributed by atoms with E-state index in [1.54, 1.807) is 29.8 Å². The summed E-state index contributed by atoms with van der Waals surface area (Å²) in [5.41, 5.74) is 0.768. The monoisotopic (exact) mass is 333 g/mol. The van der Waals surface area contributed by atoms with Crippen molar-refractivity contribution in [1.29, 1.82) is 0 Å². The van der Waals surface area contributed by atoms with Gasteiger partial charge in [-0.3, -0.25) is 9.59 Å². The fourth-order valence-electron chi connectivity index (χ4n) is 2.50. The Hall–Kier alpha value is -2.61. The van der Waals surface area contributed by atoms with E-state index in [0.29, 0.717) is 29.2 Å². The Bertz CT molecular complexity index is 738. The third-order valence-corrected chi connectivity index (χ3v) is 4.58. The number of amides is 2. The lowest BCUT2D eigenvalue weighted by Gasteiger charge is -2.16. The van der Waals surface area contributed by atoms with Crippen molar-refractivity contribution in [3.05, 3.63) is 41.0 Å². The van der Waals surface area contributed by atoms with Gasteiger partial charge in [-0.2, -0.15) is 0 Å². The van der Waals surface area contributed by atoms with Crippen molar-refractivity contribution < 1.29 is 19.1 Å². The number of nitrogens with zero attached hydrogens (tertiary/aromatic N) is 1. The summed E-state index contributed by atoms with van der Waals surface area (Å²) in [4.78, 5) is 40.6. The van der Waals surface area contributed by atoms with Crippen LogP contribution in [0.4, 0.5) is 5.00 Å². The SMILES string of the molecule is COC(=O)c1ccsc1N1CCC(NC(=O)c2ccc[nH]2)C1=O. The van der Waals surface area contributed by atoms with Crippen LogP contribution in [0.5, 0.6) is 0 Å². The molecule has 8 heteroatoms. The van der Waals surface area contributed by atoms with Crippen molar-refractivity contribution in [2.24, 2.45) is 0 Å². The van der Waals surface area contributed by atoms with Crippen LogP contribution < -0.4 is 10.2 Å². The van der Waals surface area contributed by atoms with Gasteiger partial charge in [-0.05, 0) is 30.0 Å². The Balaban J connectivity index is 1.73. The molecular formula is C15H15N3O4S. The number of esters is 1. The number of anilines is 1. The van der Waals surface area contributed by atoms with Gasteiger partial charge in [-0.25, -0.2) is 4.79 Å². The van der Waals surface area contributed by atoms with Gasteiger partial charge in [0.2, 0.25) is 5.91 Å². The zero-order valence-corrected chi connectivity index (χ0v) is 13.2. The van der Waals surface area contributed by atoms with E-state index >= 15 is 0 Å². The average molecular weight is 333 g/mol. The third-order valence-electron chi connectivity index (χ3n) is 3.65. The Morgan fingerprint density at radius 1 is 1.43 bits per heavy atom. The Labute approximate surface area is 136 Å². The maximum absolute atomic E-state index is 12.5. The molecule has 3 rings (SSSR count). The summed E-state index contributed by atoms with van der Waals surface area (Å²) in [5.74, 6) is -1.03. The van der Waals surface area contributed by atoms with E-state index < -0.39 is 12.0 Å². The number of hydrogen-bond donors (Lipinski definition) is 2. The third kappa shape index (κ3) is 2.85. The van der Waals surface area contributed by atoms with E-state index in [1.165, 1.54) is 23.3 Å². The van der Waals surface area contributed by atoms with Gasteiger partial charge in [-0.1, -0.05) is 0 Å². The molecule has 1 fully saturated rings. The number of H-pyrrole nitrogens is 1. The number of aromatic nitrogens is 1. The van der Waals surface area contributed by atoms with Gasteiger partial charge in [0.1, 0.15) is 16.7 Å². The quantitative estimate of drug-likeness (QED) is 0.827. The van der Waals surface area contributed by atoms with Crippen molar-refractivity contribution in [2.45, 2.75) is 12.5 Å². The first kappa shape index (κ1) is 15.3. The van der Waals surface area contributed by atoms with Crippen LogP contribution in [0.1, 0.15) is 27.3 Å². The molecule has 7 nitrogen and oxygen atoms in total. The summed E-state index contributed by atoms with van der Waals surface area (Å²) in [6.45, 7) is 0.443. The second kappa shape index (κ2) is 6.25. The summed E-state index contributed by atoms with van der Waals surface area (Å²) in [6, 6.07) is 4.38. The molecule has 0 aliphatic carbocycles. The fourth-order valence-corrected chi connectivity index (χ4v) is 3.42. The van der Waals surface area contributed by atoms with Crippen LogP contribution in [-0.4, -0.2) is 42.5 Å². The number of carbonyl (C=O) groups is 3. The number of aromatic amines is 1. The molecule has 1 saturated heterocycles. The van der Waals surface area contributed by atoms with Crippen LogP contribution in [-0.2, 0) is 9.53 Å². The highest BCUT2D eigenvalue weighted by molar-refractivity contribution is 7.14. The standard InChI is InChI=1S/C15H15N3O4S/c1-22-15(21)9-5-8-23-14(9)18-7-4-11(13(18)20)17-12(19)10-3-2-6-16-10/h2-3,5-6,8,11,16H,4,7H2,1H3,(H,17,19). The number of ether oxygens (including phenoxy) is 1. The minimum Gasteiger partial charge on any atom is -0.465 e. The lowest BCUT2D eigenvalue weighted by atomic mass is 10.2. The topological polar surface area (TPSA) is 91.5 Å². The van der Waals surface area contributed by atoms with Crippen LogP contribution >= 0.6 is 11.3 Å². The van der Waals surface area contributed by atoms with Gasteiger partial charge in [-0.15, -0.1) is 11.3 Å². The summed E-state index contributed by atoms with van der Waals surface area (Å²) < 4.78 is 4.73. The largest absolute Gasteiger partial charge is 0.465 e. The van der Waals surface area contributed by atoms with E-state index in [4.69, 9.17) is 4.74 Å². The summed E-state index contributed by atoms with van der Waals surface area (Å²) in [5, 5.41) is 5.00. The Kier molecular flexibility index (Phi) is 4.16. The second-order valence-corrected chi connectivity index (χ2v) is 5.91. The normalized spacial score (nSPS) is 17.3. The second-order valence-electron chi connectivity index (χ2n) is 5.02. The van der Waals surface area contributed by atoms with E-state index in [1.807, 2.05) is 0 Å². The summed E-state index contributed by atoms with van der Waals surface area (Å²) in [6.07, 6.45) is 2.13. The first-order valence-electron chi connectivity index (χ1n) is 7.03. The maximum Gasteiger partial charge on any atom is 0.340 e. The van der Waals surface area contributed by atoms with Gasteiger partial charge in [0.25, 0.3) is 5.91 Å². The molecule has 1 aliphatic heterocycles. The predicted molar refractivity (Wildman–Crippen MR) is 84.7 cm³/mol. The van der Waals surface area contributed by atoms with E-state index in [-0.39, 0.29) is 11.8 Å². The first-order valence-corrected chi connectivity index (χ1v) is 7.91. The van der Waals surface area contributed by atoms with Crippen LogP contribution in [0.15, 0.2) is 29.8 Å². The Morgan fingerprint density at radius 2 is 2.26 bits per heavy atom. The van der Waals surface area contributed by atoms with E-state index in [0.717, 1.165) is 0 Å². The number of rotatable bonds is 4. The van der Waals surface area contributed by atoms with Crippen molar-refractivity contribution in [2.75, 3.05) is 18.6 Å². The van der Waals surface area contributed by atoms with Crippen LogP contribution in [0.25, 0.3) is 0 Å². The van der Waals surface area contributed by atoms with Gasteiger partial charge in [0, 0.05) is 12.7 Å². The summed E-state index contributed by atoms with van der Waals surface area (Å²) in [7, 11) is 1.30. The highest BCUT2D eigenvalue weighted by atomic mass is 32.1. The lowest BCUT2D eigenvalue weighted by Crippen LogP contribution is -2.41. The number of carbonyl (C=O) groups excluding carboxylic acids is 3. The molecule has 0 spiro atoms.